The molecule has 10 heteroatoms. The third-order valence-electron chi connectivity index (χ3n) is 3.46. The maximum atomic E-state index is 13.2. The Morgan fingerprint density at radius 2 is 2.07 bits per heavy atom. The van der Waals surface area contributed by atoms with Crippen molar-refractivity contribution in [2.45, 2.75) is 6.61 Å². The highest BCUT2D eigenvalue weighted by Gasteiger charge is 2.19. The van der Waals surface area contributed by atoms with Crippen molar-refractivity contribution in [1.29, 1.82) is 0 Å². The molecule has 1 aromatic carbocycles. The number of ether oxygens (including phenoxy) is 1. The van der Waals surface area contributed by atoms with E-state index in [4.69, 9.17) is 20.8 Å². The fraction of sp³-hybridized carbons (Fsp3) is 0.0588. The standard InChI is InChI=1S/C17H10BrClFN5O2/c18-14-8-13(25(24-14)16-12(19)5-2-6-21-16)17-23-22-15(27-17)9-26-11-4-1-3-10(20)7-11/h1-8H,9H2. The van der Waals surface area contributed by atoms with Gasteiger partial charge in [0.05, 0.1) is 5.02 Å². The lowest BCUT2D eigenvalue weighted by Crippen LogP contribution is -2.02. The first-order valence-corrected chi connectivity index (χ1v) is 8.85. The molecule has 0 spiro atoms. The summed E-state index contributed by atoms with van der Waals surface area (Å²) < 4.78 is 26.3. The Balaban J connectivity index is 1.60. The third kappa shape index (κ3) is 3.83. The van der Waals surface area contributed by atoms with Gasteiger partial charge in [-0.2, -0.15) is 5.10 Å². The molecular formula is C17H10BrClFN5O2. The Bertz CT molecular complexity index is 1100. The van der Waals surface area contributed by atoms with Crippen LogP contribution in [0.15, 0.2) is 57.7 Å². The number of aromatic nitrogens is 5. The molecule has 0 N–H and O–H groups in total. The highest BCUT2D eigenvalue weighted by molar-refractivity contribution is 9.10. The molecule has 27 heavy (non-hydrogen) atoms. The molecule has 0 saturated carbocycles. The Labute approximate surface area is 165 Å². The van der Waals surface area contributed by atoms with Crippen molar-refractivity contribution in [3.05, 3.63) is 70.0 Å². The Hall–Kier alpha value is -2.78. The zero-order chi connectivity index (χ0) is 18.8. The molecule has 0 radical (unpaired) electrons. The van der Waals surface area contributed by atoms with Crippen LogP contribution in [0.5, 0.6) is 5.75 Å². The van der Waals surface area contributed by atoms with Gasteiger partial charge >= 0.3 is 0 Å². The van der Waals surface area contributed by atoms with E-state index in [2.05, 4.69) is 36.2 Å². The molecule has 136 valence electrons. The highest BCUT2D eigenvalue weighted by atomic mass is 79.9. The monoisotopic (exact) mass is 449 g/mol. The lowest BCUT2D eigenvalue weighted by atomic mass is 10.3. The van der Waals surface area contributed by atoms with Crippen LogP contribution in [0.1, 0.15) is 5.89 Å². The van der Waals surface area contributed by atoms with Crippen LogP contribution in [-0.2, 0) is 6.61 Å². The van der Waals surface area contributed by atoms with Gasteiger partial charge in [0.2, 0.25) is 0 Å². The van der Waals surface area contributed by atoms with Crippen molar-refractivity contribution >= 4 is 27.5 Å². The van der Waals surface area contributed by atoms with Crippen molar-refractivity contribution in [1.82, 2.24) is 25.0 Å². The van der Waals surface area contributed by atoms with E-state index in [0.29, 0.717) is 26.9 Å². The number of pyridine rings is 1. The van der Waals surface area contributed by atoms with Gasteiger partial charge in [-0.05, 0) is 40.2 Å². The zero-order valence-corrected chi connectivity index (χ0v) is 15.9. The molecule has 0 amide bonds. The molecule has 0 unspecified atom stereocenters. The summed E-state index contributed by atoms with van der Waals surface area (Å²) in [5.41, 5.74) is 0.506. The first-order valence-electron chi connectivity index (χ1n) is 7.68. The lowest BCUT2D eigenvalue weighted by Gasteiger charge is -2.05. The molecule has 7 nitrogen and oxygen atoms in total. The Kier molecular flexibility index (Phi) is 4.87. The summed E-state index contributed by atoms with van der Waals surface area (Å²) in [6, 6.07) is 10.9. The summed E-state index contributed by atoms with van der Waals surface area (Å²) in [7, 11) is 0. The lowest BCUT2D eigenvalue weighted by molar-refractivity contribution is 0.263. The van der Waals surface area contributed by atoms with Gasteiger partial charge in [0.15, 0.2) is 12.4 Å². The first-order chi connectivity index (χ1) is 13.1. The van der Waals surface area contributed by atoms with Crippen LogP contribution in [0.3, 0.4) is 0 Å². The van der Waals surface area contributed by atoms with Crippen LogP contribution < -0.4 is 4.74 Å². The molecule has 0 atom stereocenters. The second-order valence-corrected chi connectivity index (χ2v) is 6.54. The van der Waals surface area contributed by atoms with Crippen LogP contribution >= 0.6 is 27.5 Å². The maximum Gasteiger partial charge on any atom is 0.266 e. The van der Waals surface area contributed by atoms with Gasteiger partial charge in [-0.3, -0.25) is 0 Å². The van der Waals surface area contributed by atoms with Gasteiger partial charge in [0.1, 0.15) is 21.9 Å². The van der Waals surface area contributed by atoms with E-state index in [0.717, 1.165) is 0 Å². The smallest absolute Gasteiger partial charge is 0.266 e. The van der Waals surface area contributed by atoms with Gasteiger partial charge in [-0.15, -0.1) is 10.2 Å². The maximum absolute atomic E-state index is 13.2. The van der Waals surface area contributed by atoms with Gasteiger partial charge in [0.25, 0.3) is 11.8 Å². The van der Waals surface area contributed by atoms with Gasteiger partial charge in [-0.1, -0.05) is 17.7 Å². The Morgan fingerprint density at radius 3 is 2.89 bits per heavy atom. The van der Waals surface area contributed by atoms with Crippen LogP contribution in [0.25, 0.3) is 17.4 Å². The van der Waals surface area contributed by atoms with Gasteiger partial charge in [-0.25, -0.2) is 14.1 Å². The number of halogens is 3. The van der Waals surface area contributed by atoms with Crippen molar-refractivity contribution in [2.75, 3.05) is 0 Å². The summed E-state index contributed by atoms with van der Waals surface area (Å²) in [5, 5.41) is 12.7. The fourth-order valence-electron chi connectivity index (χ4n) is 2.32. The van der Waals surface area contributed by atoms with Crippen LogP contribution in [0, 0.1) is 5.82 Å². The molecule has 4 rings (SSSR count). The van der Waals surface area contributed by atoms with E-state index in [1.54, 1.807) is 36.5 Å². The summed E-state index contributed by atoms with van der Waals surface area (Å²) in [4.78, 5) is 4.24. The molecule has 0 bridgehead atoms. The highest BCUT2D eigenvalue weighted by Crippen LogP contribution is 2.27. The van der Waals surface area contributed by atoms with Crippen LogP contribution in [0.4, 0.5) is 4.39 Å². The van der Waals surface area contributed by atoms with E-state index in [1.807, 2.05) is 0 Å². The first kappa shape index (κ1) is 17.6. The molecule has 3 aromatic heterocycles. The molecule has 0 aliphatic heterocycles. The second kappa shape index (κ2) is 7.45. The summed E-state index contributed by atoms with van der Waals surface area (Å²) in [6.45, 7) is -0.00387. The minimum atomic E-state index is -0.389. The normalized spacial score (nSPS) is 10.9. The zero-order valence-electron chi connectivity index (χ0n) is 13.5. The molecule has 0 fully saturated rings. The molecule has 3 heterocycles. The fourth-order valence-corrected chi connectivity index (χ4v) is 2.89. The quantitative estimate of drug-likeness (QED) is 0.447. The second-order valence-electron chi connectivity index (χ2n) is 5.32. The predicted octanol–water partition coefficient (Wildman–Crippen LogP) is 4.45. The number of hydrogen-bond acceptors (Lipinski definition) is 6. The molecular weight excluding hydrogens is 441 g/mol. The van der Waals surface area contributed by atoms with E-state index >= 15 is 0 Å². The number of nitrogens with zero attached hydrogens (tertiary/aromatic N) is 5. The molecule has 0 aliphatic carbocycles. The largest absolute Gasteiger partial charge is 0.484 e. The summed E-state index contributed by atoms with van der Waals surface area (Å²) in [6.07, 6.45) is 1.60. The topological polar surface area (TPSA) is 78.9 Å². The molecule has 4 aromatic rings. The van der Waals surface area contributed by atoms with Crippen LogP contribution in [0.2, 0.25) is 5.02 Å². The van der Waals surface area contributed by atoms with Gasteiger partial charge < -0.3 is 9.15 Å². The SMILES string of the molecule is Fc1cccc(OCc2nnc(-c3cc(Br)nn3-c3ncccc3Cl)o2)c1. The summed E-state index contributed by atoms with van der Waals surface area (Å²) in [5.74, 6) is 0.844. The number of rotatable bonds is 5. The van der Waals surface area contributed by atoms with Crippen molar-refractivity contribution < 1.29 is 13.5 Å². The van der Waals surface area contributed by atoms with E-state index < -0.39 is 0 Å². The number of hydrogen-bond donors (Lipinski definition) is 0. The van der Waals surface area contributed by atoms with E-state index in [1.165, 1.54) is 16.8 Å². The Morgan fingerprint density at radius 1 is 1.19 bits per heavy atom. The number of benzene rings is 1. The van der Waals surface area contributed by atoms with Crippen molar-refractivity contribution in [3.8, 4) is 23.2 Å². The van der Waals surface area contributed by atoms with E-state index in [9.17, 15) is 4.39 Å². The third-order valence-corrected chi connectivity index (χ3v) is 4.15. The minimum Gasteiger partial charge on any atom is -0.484 e. The van der Waals surface area contributed by atoms with Crippen molar-refractivity contribution in [3.63, 3.8) is 0 Å². The van der Waals surface area contributed by atoms with Gasteiger partial charge in [0, 0.05) is 18.3 Å². The van der Waals surface area contributed by atoms with Crippen molar-refractivity contribution in [2.24, 2.45) is 0 Å². The average Bonchev–Trinajstić information content (AvgIpc) is 3.27. The predicted molar refractivity (Wildman–Crippen MR) is 98.1 cm³/mol. The van der Waals surface area contributed by atoms with E-state index in [-0.39, 0.29) is 24.2 Å². The molecule has 0 aliphatic rings. The van der Waals surface area contributed by atoms with Crippen LogP contribution in [-0.4, -0.2) is 25.0 Å². The minimum absolute atomic E-state index is 0.00387. The summed E-state index contributed by atoms with van der Waals surface area (Å²) >= 11 is 9.53. The molecule has 0 saturated heterocycles. The average molecular weight is 451 g/mol.